The van der Waals surface area contributed by atoms with Gasteiger partial charge in [-0.3, -0.25) is 9.69 Å². The quantitative estimate of drug-likeness (QED) is 0.703. The van der Waals surface area contributed by atoms with Crippen molar-refractivity contribution in [3.05, 3.63) is 52.5 Å². The molecule has 1 aromatic heterocycles. The number of carbonyl (C=O) groups is 2. The second-order valence-electron chi connectivity index (χ2n) is 7.58. The first-order valence-corrected chi connectivity index (χ1v) is 10.8. The molecule has 2 N–H and O–H groups in total. The minimum absolute atomic E-state index is 0.0762. The van der Waals surface area contributed by atoms with E-state index in [1.165, 1.54) is 21.8 Å². The van der Waals surface area contributed by atoms with E-state index in [-0.39, 0.29) is 24.4 Å². The molecule has 1 atom stereocenters. The van der Waals surface area contributed by atoms with Gasteiger partial charge in [-0.2, -0.15) is 0 Å². The van der Waals surface area contributed by atoms with Crippen molar-refractivity contribution in [1.82, 2.24) is 20.5 Å². The van der Waals surface area contributed by atoms with Crippen molar-refractivity contribution in [3.8, 4) is 0 Å². The van der Waals surface area contributed by atoms with Gasteiger partial charge in [-0.05, 0) is 56.7 Å². The number of urea groups is 1. The van der Waals surface area contributed by atoms with E-state index in [1.807, 2.05) is 23.6 Å². The van der Waals surface area contributed by atoms with Crippen molar-refractivity contribution < 1.29 is 9.59 Å². The number of carbonyl (C=O) groups excluding carboxylic acids is 2. The molecule has 3 amide bonds. The van der Waals surface area contributed by atoms with Crippen LogP contribution >= 0.6 is 11.3 Å². The van der Waals surface area contributed by atoms with Gasteiger partial charge in [0.25, 0.3) is 5.91 Å². The van der Waals surface area contributed by atoms with Gasteiger partial charge in [0.1, 0.15) is 10.5 Å². The van der Waals surface area contributed by atoms with Crippen LogP contribution < -0.4 is 10.6 Å². The summed E-state index contributed by atoms with van der Waals surface area (Å²) in [4.78, 5) is 31.9. The Morgan fingerprint density at radius 1 is 1.18 bits per heavy atom. The molecule has 2 saturated heterocycles. The number of benzene rings is 1. The molecule has 4 rings (SSSR count). The van der Waals surface area contributed by atoms with E-state index < -0.39 is 5.54 Å². The summed E-state index contributed by atoms with van der Waals surface area (Å²) in [6.07, 6.45) is 5.96. The van der Waals surface area contributed by atoms with Crippen molar-refractivity contribution >= 4 is 23.3 Å². The van der Waals surface area contributed by atoms with E-state index in [2.05, 4.69) is 27.8 Å². The summed E-state index contributed by atoms with van der Waals surface area (Å²) in [5, 5.41) is 9.14. The fourth-order valence-corrected chi connectivity index (χ4v) is 5.04. The van der Waals surface area contributed by atoms with Crippen LogP contribution in [0.25, 0.3) is 0 Å². The van der Waals surface area contributed by atoms with E-state index in [9.17, 15) is 9.59 Å². The van der Waals surface area contributed by atoms with Crippen molar-refractivity contribution in [2.75, 3.05) is 13.1 Å². The molecule has 6 nitrogen and oxygen atoms in total. The molecule has 3 heterocycles. The lowest BCUT2D eigenvalue weighted by molar-refractivity contribution is -0.134. The Balaban J connectivity index is 1.52. The van der Waals surface area contributed by atoms with Crippen molar-refractivity contribution in [3.63, 3.8) is 0 Å². The van der Waals surface area contributed by atoms with E-state index >= 15 is 0 Å². The van der Waals surface area contributed by atoms with Crippen LogP contribution in [0.2, 0.25) is 0 Å². The Morgan fingerprint density at radius 3 is 2.68 bits per heavy atom. The first-order valence-electron chi connectivity index (χ1n) is 9.96. The molecule has 2 aliphatic heterocycles. The van der Waals surface area contributed by atoms with Crippen molar-refractivity contribution in [2.24, 2.45) is 5.92 Å². The summed E-state index contributed by atoms with van der Waals surface area (Å²) in [6.45, 7) is 2.04. The molecule has 0 radical (unpaired) electrons. The maximum atomic E-state index is 13.5. The lowest BCUT2D eigenvalue weighted by Gasteiger charge is -2.38. The first kappa shape index (κ1) is 19.1. The van der Waals surface area contributed by atoms with Crippen molar-refractivity contribution in [2.45, 2.75) is 44.2 Å². The number of thiazole rings is 1. The predicted molar refractivity (Wildman–Crippen MR) is 109 cm³/mol. The third-order valence-corrected chi connectivity index (χ3v) is 6.66. The number of aryl methyl sites for hydroxylation is 1. The second-order valence-corrected chi connectivity index (χ2v) is 8.56. The first-order chi connectivity index (χ1) is 13.7. The molecule has 7 heteroatoms. The van der Waals surface area contributed by atoms with Crippen LogP contribution in [0.4, 0.5) is 4.79 Å². The van der Waals surface area contributed by atoms with Gasteiger partial charge in [-0.15, -0.1) is 11.3 Å². The molecule has 0 unspecified atom stereocenters. The molecule has 0 saturated carbocycles. The third-order valence-electron chi connectivity index (χ3n) is 5.89. The number of imide groups is 1. The smallest absolute Gasteiger partial charge is 0.323 e. The van der Waals surface area contributed by atoms with Gasteiger partial charge in [-0.25, -0.2) is 9.78 Å². The number of nitrogens with zero attached hydrogens (tertiary/aromatic N) is 2. The molecule has 0 aliphatic carbocycles. The second kappa shape index (κ2) is 8.41. The van der Waals surface area contributed by atoms with Gasteiger partial charge in [0.15, 0.2) is 0 Å². The number of aromatic nitrogens is 1. The summed E-state index contributed by atoms with van der Waals surface area (Å²) in [7, 11) is 0. The molecule has 148 valence electrons. The summed E-state index contributed by atoms with van der Waals surface area (Å²) in [5.74, 6) is 0.0925. The lowest BCUT2D eigenvalue weighted by Crippen LogP contribution is -2.55. The molecular weight excluding hydrogens is 372 g/mol. The van der Waals surface area contributed by atoms with Gasteiger partial charge in [-0.1, -0.05) is 30.3 Å². The summed E-state index contributed by atoms with van der Waals surface area (Å²) in [6, 6.07) is 10.0. The van der Waals surface area contributed by atoms with Crippen LogP contribution in [0.15, 0.2) is 41.9 Å². The Morgan fingerprint density at radius 2 is 1.96 bits per heavy atom. The summed E-state index contributed by atoms with van der Waals surface area (Å²) in [5.41, 5.74) is 0.477. The highest BCUT2D eigenvalue weighted by Gasteiger charge is 2.55. The molecule has 1 aromatic carbocycles. The number of amides is 3. The summed E-state index contributed by atoms with van der Waals surface area (Å²) < 4.78 is 0. The topological polar surface area (TPSA) is 74.3 Å². The molecule has 2 aromatic rings. The Bertz CT molecular complexity index is 805. The zero-order chi connectivity index (χ0) is 19.4. The normalized spacial score (nSPS) is 23.2. The van der Waals surface area contributed by atoms with Crippen LogP contribution in [0.3, 0.4) is 0 Å². The van der Waals surface area contributed by atoms with Crippen LogP contribution in [0.5, 0.6) is 0 Å². The number of hydrogen-bond acceptors (Lipinski definition) is 5. The Hall–Kier alpha value is -2.25. The molecular formula is C21H26N4O2S. The van der Waals surface area contributed by atoms with E-state index in [1.54, 1.807) is 6.20 Å². The number of rotatable bonds is 7. The maximum absolute atomic E-state index is 13.5. The monoisotopic (exact) mass is 398 g/mol. The van der Waals surface area contributed by atoms with Crippen LogP contribution in [0, 0.1) is 5.92 Å². The van der Waals surface area contributed by atoms with Gasteiger partial charge in [0.2, 0.25) is 0 Å². The number of hydrogen-bond donors (Lipinski definition) is 2. The fraction of sp³-hybridized carbons (Fsp3) is 0.476. The van der Waals surface area contributed by atoms with E-state index in [0.717, 1.165) is 43.8 Å². The Kier molecular flexibility index (Phi) is 5.73. The highest BCUT2D eigenvalue weighted by Crippen LogP contribution is 2.37. The van der Waals surface area contributed by atoms with Crippen LogP contribution in [-0.2, 0) is 17.8 Å². The Labute approximate surface area is 169 Å². The van der Waals surface area contributed by atoms with Crippen LogP contribution in [0.1, 0.15) is 36.3 Å². The SMILES string of the molecule is O=C1N[C@@](CCCc2ccccc2)(C2CCNCC2)C(=O)N1Cc1nccs1. The van der Waals surface area contributed by atoms with Crippen molar-refractivity contribution in [1.29, 1.82) is 0 Å². The minimum atomic E-state index is -0.786. The fourth-order valence-electron chi connectivity index (χ4n) is 4.44. The highest BCUT2D eigenvalue weighted by atomic mass is 32.1. The van der Waals surface area contributed by atoms with Crippen LogP contribution in [-0.4, -0.2) is 40.5 Å². The van der Waals surface area contributed by atoms with Gasteiger partial charge < -0.3 is 10.6 Å². The van der Waals surface area contributed by atoms with E-state index in [4.69, 9.17) is 0 Å². The molecule has 0 bridgehead atoms. The average Bonchev–Trinajstić information content (AvgIpc) is 3.33. The van der Waals surface area contributed by atoms with Gasteiger partial charge in [0, 0.05) is 11.6 Å². The zero-order valence-electron chi connectivity index (χ0n) is 15.9. The molecule has 2 fully saturated rings. The summed E-state index contributed by atoms with van der Waals surface area (Å²) >= 11 is 1.47. The number of nitrogens with one attached hydrogen (secondary N) is 2. The lowest BCUT2D eigenvalue weighted by atomic mass is 9.74. The molecule has 28 heavy (non-hydrogen) atoms. The zero-order valence-corrected chi connectivity index (χ0v) is 16.7. The maximum Gasteiger partial charge on any atom is 0.325 e. The molecule has 0 spiro atoms. The highest BCUT2D eigenvalue weighted by molar-refractivity contribution is 7.09. The molecule has 2 aliphatic rings. The van der Waals surface area contributed by atoms with E-state index in [0.29, 0.717) is 6.42 Å². The predicted octanol–water partition coefficient (Wildman–Crippen LogP) is 2.96. The van der Waals surface area contributed by atoms with Gasteiger partial charge in [0.05, 0.1) is 6.54 Å². The third kappa shape index (κ3) is 3.82. The average molecular weight is 399 g/mol. The number of piperidine rings is 1. The standard InChI is InChI=1S/C21H26N4O2S/c26-19-21(17-8-11-22-12-9-17,10-4-7-16-5-2-1-3-6-16)24-20(27)25(19)15-18-23-13-14-28-18/h1-3,5-6,13-14,17,22H,4,7-12,15H2,(H,24,27)/t21-/m0/s1. The largest absolute Gasteiger partial charge is 0.325 e. The van der Waals surface area contributed by atoms with Gasteiger partial charge >= 0.3 is 6.03 Å². The minimum Gasteiger partial charge on any atom is -0.323 e.